The van der Waals surface area contributed by atoms with Crippen LogP contribution < -0.4 is 20.1 Å². The number of hydrogen-bond donors (Lipinski definition) is 3. The van der Waals surface area contributed by atoms with Gasteiger partial charge in [-0.1, -0.05) is 90.7 Å². The molecule has 14 heteroatoms. The molecule has 0 aliphatic carbocycles. The maximum Gasteiger partial charge on any atom is 0.305 e. The molecule has 3 N–H and O–H groups in total. The average molecular weight is 722 g/mol. The fourth-order valence-corrected chi connectivity index (χ4v) is 5.77. The molecule has 1 unspecified atom stereocenters. The summed E-state index contributed by atoms with van der Waals surface area (Å²) in [6, 6.07) is 21.9. The van der Waals surface area contributed by atoms with Crippen molar-refractivity contribution in [1.29, 1.82) is 0 Å². The molecule has 0 spiro atoms. The Hall–Kier alpha value is -5.20. The molecule has 5 rings (SSSR count). The first-order valence-electron chi connectivity index (χ1n) is 15.7. The van der Waals surface area contributed by atoms with Gasteiger partial charge in [-0.2, -0.15) is 0 Å². The summed E-state index contributed by atoms with van der Waals surface area (Å²) in [7, 11) is 0. The number of nitrogens with zero attached hydrogens (tertiary/aromatic N) is 2. The topological polar surface area (TPSA) is 166 Å². The van der Waals surface area contributed by atoms with Crippen LogP contribution in [0.1, 0.15) is 37.2 Å². The second-order valence-corrected chi connectivity index (χ2v) is 12.8. The Morgan fingerprint density at radius 3 is 2.30 bits per heavy atom. The molecule has 1 aliphatic heterocycles. The lowest BCUT2D eigenvalue weighted by Crippen LogP contribution is -2.57. The molecule has 3 atom stereocenters. The Bertz CT molecular complexity index is 1900. The molecule has 260 valence electrons. The van der Waals surface area contributed by atoms with Gasteiger partial charge in [0.1, 0.15) is 30.7 Å². The smallest absolute Gasteiger partial charge is 0.305 e. The molecule has 0 saturated carbocycles. The number of hydrogen-bond acceptors (Lipinski definition) is 9. The molecule has 50 heavy (non-hydrogen) atoms. The molecular weight excluding hydrogens is 687 g/mol. The van der Waals surface area contributed by atoms with Gasteiger partial charge in [0, 0.05) is 11.8 Å². The van der Waals surface area contributed by atoms with Gasteiger partial charge in [-0.3, -0.25) is 19.2 Å². The van der Waals surface area contributed by atoms with Crippen LogP contribution in [-0.4, -0.2) is 70.3 Å². The van der Waals surface area contributed by atoms with E-state index >= 15 is 0 Å². The van der Waals surface area contributed by atoms with E-state index in [0.29, 0.717) is 17.0 Å². The first-order valence-corrected chi connectivity index (χ1v) is 16.4. The summed E-state index contributed by atoms with van der Waals surface area (Å²) in [5.74, 6) is -3.15. The van der Waals surface area contributed by atoms with Gasteiger partial charge in [0.25, 0.3) is 17.4 Å². The standard InChI is InChI=1S/C36H34Cl2N4O8/c1-21(2)32(41-34(46)27-16-15-22-9-6-7-14-26(22)39-27)29-18-36(50-42-29,20-49-23-10-4-3-5-11-23)35(47)40-28(17-31(44)45)30(43)19-48-33-24(37)12-8-13-25(33)38/h3-16,21,28,32H,17-20H2,1-2H3,(H,40,47)(H,41,46)(H,44,45)/t28-,32-,36?/m0/s1. The molecule has 2 heterocycles. The number of ether oxygens (including phenoxy) is 2. The molecule has 0 radical (unpaired) electrons. The number of para-hydroxylation sites is 3. The zero-order valence-corrected chi connectivity index (χ0v) is 28.6. The molecule has 1 aromatic heterocycles. The van der Waals surface area contributed by atoms with Crippen LogP contribution in [0.15, 0.2) is 90.1 Å². The summed E-state index contributed by atoms with van der Waals surface area (Å²) in [6.45, 7) is 2.74. The third-order valence-corrected chi connectivity index (χ3v) is 8.52. The highest BCUT2D eigenvalue weighted by molar-refractivity contribution is 6.37. The van der Waals surface area contributed by atoms with Crippen LogP contribution in [0.25, 0.3) is 10.9 Å². The van der Waals surface area contributed by atoms with Crippen LogP contribution in [0.3, 0.4) is 0 Å². The van der Waals surface area contributed by atoms with Crippen molar-refractivity contribution in [3.8, 4) is 11.5 Å². The number of amides is 2. The van der Waals surface area contributed by atoms with E-state index < -0.39 is 54.3 Å². The minimum atomic E-state index is -1.84. The fraction of sp³-hybridized carbons (Fsp3) is 0.278. The number of benzene rings is 3. The number of carboxylic acid groups (broad SMARTS) is 1. The summed E-state index contributed by atoms with van der Waals surface area (Å²) in [4.78, 5) is 62.8. The van der Waals surface area contributed by atoms with E-state index in [1.807, 2.05) is 32.0 Å². The molecule has 0 fully saturated rings. The Balaban J connectivity index is 1.36. The highest BCUT2D eigenvalue weighted by atomic mass is 35.5. The minimum Gasteiger partial charge on any atom is -0.489 e. The van der Waals surface area contributed by atoms with Crippen molar-refractivity contribution in [3.05, 3.63) is 101 Å². The van der Waals surface area contributed by atoms with Crippen LogP contribution >= 0.6 is 23.2 Å². The molecule has 3 aromatic carbocycles. The van der Waals surface area contributed by atoms with Crippen molar-refractivity contribution in [3.63, 3.8) is 0 Å². The number of carboxylic acids is 1. The number of fused-ring (bicyclic) bond motifs is 1. The second-order valence-electron chi connectivity index (χ2n) is 12.0. The van der Waals surface area contributed by atoms with Gasteiger partial charge in [0.05, 0.1) is 33.7 Å². The second kappa shape index (κ2) is 16.0. The minimum absolute atomic E-state index is 0.0372. The summed E-state index contributed by atoms with van der Waals surface area (Å²) >= 11 is 12.3. The maximum absolute atomic E-state index is 14.1. The predicted octanol–water partition coefficient (Wildman–Crippen LogP) is 5.50. The van der Waals surface area contributed by atoms with E-state index in [9.17, 15) is 24.3 Å². The van der Waals surface area contributed by atoms with E-state index in [4.69, 9.17) is 37.5 Å². The van der Waals surface area contributed by atoms with Crippen molar-refractivity contribution in [2.75, 3.05) is 13.2 Å². The van der Waals surface area contributed by atoms with E-state index in [1.54, 1.807) is 54.6 Å². The zero-order valence-electron chi connectivity index (χ0n) is 27.1. The van der Waals surface area contributed by atoms with Crippen molar-refractivity contribution in [1.82, 2.24) is 15.6 Å². The molecule has 0 saturated heterocycles. The third kappa shape index (κ3) is 8.68. The Kier molecular flexibility index (Phi) is 11.6. The van der Waals surface area contributed by atoms with Gasteiger partial charge in [0.15, 0.2) is 11.5 Å². The van der Waals surface area contributed by atoms with Crippen molar-refractivity contribution < 1.29 is 38.6 Å². The SMILES string of the molecule is CC(C)[C@H](NC(=O)c1ccc2ccccc2n1)C1=NOC(COc2ccccc2)(C(=O)N[C@@H](CC(=O)O)C(=O)COc2c(Cl)cccc2Cl)C1. The number of carbonyl (C=O) groups is 4. The number of aromatic nitrogens is 1. The Morgan fingerprint density at radius 2 is 1.60 bits per heavy atom. The molecule has 2 amide bonds. The Labute approximate surface area is 297 Å². The number of rotatable bonds is 15. The van der Waals surface area contributed by atoms with Crippen molar-refractivity contribution in [2.45, 2.75) is 44.4 Å². The lowest BCUT2D eigenvalue weighted by atomic mass is 9.89. The van der Waals surface area contributed by atoms with Crippen LogP contribution in [0.5, 0.6) is 11.5 Å². The van der Waals surface area contributed by atoms with Gasteiger partial charge in [-0.25, -0.2) is 4.98 Å². The zero-order chi connectivity index (χ0) is 35.8. The first kappa shape index (κ1) is 36.1. The van der Waals surface area contributed by atoms with E-state index in [1.165, 1.54) is 12.1 Å². The maximum atomic E-state index is 14.1. The number of carbonyl (C=O) groups excluding carboxylic acids is 3. The predicted molar refractivity (Wildman–Crippen MR) is 187 cm³/mol. The van der Waals surface area contributed by atoms with Gasteiger partial charge < -0.3 is 30.1 Å². The van der Waals surface area contributed by atoms with E-state index in [2.05, 4.69) is 20.8 Å². The first-order chi connectivity index (χ1) is 24.0. The highest BCUT2D eigenvalue weighted by Crippen LogP contribution is 2.33. The highest BCUT2D eigenvalue weighted by Gasteiger charge is 2.50. The van der Waals surface area contributed by atoms with Crippen LogP contribution in [0.4, 0.5) is 0 Å². The molecule has 0 bridgehead atoms. The largest absolute Gasteiger partial charge is 0.489 e. The van der Waals surface area contributed by atoms with Crippen LogP contribution in [-0.2, 0) is 19.2 Å². The molecule has 4 aromatic rings. The quantitative estimate of drug-likeness (QED) is 0.144. The van der Waals surface area contributed by atoms with E-state index in [-0.39, 0.29) is 40.4 Å². The Morgan fingerprint density at radius 1 is 0.900 bits per heavy atom. The van der Waals surface area contributed by atoms with Gasteiger partial charge in [-0.05, 0) is 42.3 Å². The van der Waals surface area contributed by atoms with E-state index in [0.717, 1.165) is 5.39 Å². The number of oxime groups is 1. The number of halogens is 2. The lowest BCUT2D eigenvalue weighted by Gasteiger charge is -2.28. The van der Waals surface area contributed by atoms with Crippen molar-refractivity contribution >= 4 is 63.4 Å². The fourth-order valence-electron chi connectivity index (χ4n) is 5.27. The summed E-state index contributed by atoms with van der Waals surface area (Å²) < 4.78 is 11.5. The molecule has 12 nitrogen and oxygen atoms in total. The monoisotopic (exact) mass is 720 g/mol. The van der Waals surface area contributed by atoms with Gasteiger partial charge >= 0.3 is 5.97 Å². The number of nitrogens with one attached hydrogen (secondary N) is 2. The third-order valence-electron chi connectivity index (χ3n) is 7.93. The number of aliphatic carboxylic acids is 1. The summed E-state index contributed by atoms with van der Waals surface area (Å²) in [6.07, 6.45) is -0.906. The molecular formula is C36H34Cl2N4O8. The number of ketones is 1. The lowest BCUT2D eigenvalue weighted by molar-refractivity contribution is -0.151. The normalized spacial score (nSPS) is 16.5. The number of Topliss-reactive ketones (excluding diaryl/α,β-unsaturated/α-hetero) is 1. The van der Waals surface area contributed by atoms with Crippen LogP contribution in [0.2, 0.25) is 10.0 Å². The molecule has 1 aliphatic rings. The van der Waals surface area contributed by atoms with Crippen molar-refractivity contribution in [2.24, 2.45) is 11.1 Å². The number of pyridine rings is 1. The average Bonchev–Trinajstić information content (AvgIpc) is 3.54. The van der Waals surface area contributed by atoms with Gasteiger partial charge in [-0.15, -0.1) is 0 Å². The van der Waals surface area contributed by atoms with Gasteiger partial charge in [0.2, 0.25) is 0 Å². The summed E-state index contributed by atoms with van der Waals surface area (Å²) in [5.41, 5.74) is -0.657. The summed E-state index contributed by atoms with van der Waals surface area (Å²) in [5, 5.41) is 20.5. The van der Waals surface area contributed by atoms with Crippen LogP contribution in [0, 0.1) is 5.92 Å².